The number of fused-ring (bicyclic) bond motifs is 3. The van der Waals surface area contributed by atoms with Gasteiger partial charge in [0.15, 0.2) is 0 Å². The molecule has 34 heavy (non-hydrogen) atoms. The van der Waals surface area contributed by atoms with Gasteiger partial charge in [0.2, 0.25) is 5.91 Å². The highest BCUT2D eigenvalue weighted by Crippen LogP contribution is 2.39. The molecule has 6 heteroatoms. The number of halogens is 1. The molecule has 0 bridgehead atoms. The van der Waals surface area contributed by atoms with Crippen LogP contribution in [0.3, 0.4) is 0 Å². The molecular formula is C28H27FN2O2S. The fraction of sp³-hybridized carbons (Fsp3) is 0.250. The Labute approximate surface area is 203 Å². The summed E-state index contributed by atoms with van der Waals surface area (Å²) in [7, 11) is 0. The standard InChI is InChI=1S/C28H27FN2O2S/c1-2-33-22-13-9-20(10-14-22)28-27-24(23-5-3-4-6-25(23)30-27)15-16-31(28)26(32)18-34-17-19-7-11-21(29)12-8-19/h3-14,28,30H,2,15-18H2,1H3/t28-/m1/s1. The maximum Gasteiger partial charge on any atom is 0.233 e. The number of thioether (sulfide) groups is 1. The van der Waals surface area contributed by atoms with E-state index in [1.54, 1.807) is 23.9 Å². The van der Waals surface area contributed by atoms with Crippen molar-refractivity contribution >= 4 is 28.6 Å². The smallest absolute Gasteiger partial charge is 0.233 e. The zero-order valence-corrected chi connectivity index (χ0v) is 19.9. The number of nitrogens with zero attached hydrogens (tertiary/aromatic N) is 1. The molecule has 0 spiro atoms. The molecule has 0 aliphatic carbocycles. The Kier molecular flexibility index (Phi) is 6.59. The topological polar surface area (TPSA) is 45.3 Å². The molecule has 0 saturated carbocycles. The summed E-state index contributed by atoms with van der Waals surface area (Å²) in [5.41, 5.74) is 5.56. The summed E-state index contributed by atoms with van der Waals surface area (Å²) in [6, 6.07) is 22.7. The molecule has 0 unspecified atom stereocenters. The molecule has 3 aromatic carbocycles. The molecule has 5 rings (SSSR count). The van der Waals surface area contributed by atoms with E-state index in [1.165, 1.54) is 23.1 Å². The third-order valence-corrected chi connectivity index (χ3v) is 7.26. The fourth-order valence-corrected chi connectivity index (χ4v) is 5.56. The van der Waals surface area contributed by atoms with E-state index >= 15 is 0 Å². The minimum Gasteiger partial charge on any atom is -0.494 e. The Bertz CT molecular complexity index is 1280. The normalized spacial score (nSPS) is 15.4. The number of aromatic nitrogens is 1. The van der Waals surface area contributed by atoms with Crippen LogP contribution >= 0.6 is 11.8 Å². The molecular weight excluding hydrogens is 447 g/mol. The maximum atomic E-state index is 13.4. The summed E-state index contributed by atoms with van der Waals surface area (Å²) in [5, 5.41) is 1.23. The molecule has 4 nitrogen and oxygen atoms in total. The van der Waals surface area contributed by atoms with Gasteiger partial charge in [0.05, 0.1) is 18.4 Å². The van der Waals surface area contributed by atoms with Crippen molar-refractivity contribution in [3.63, 3.8) is 0 Å². The third kappa shape index (κ3) is 4.55. The van der Waals surface area contributed by atoms with E-state index in [4.69, 9.17) is 4.74 Å². The van der Waals surface area contributed by atoms with Gasteiger partial charge in [-0.3, -0.25) is 4.79 Å². The van der Waals surface area contributed by atoms with Crippen molar-refractivity contribution in [1.29, 1.82) is 0 Å². The number of carbonyl (C=O) groups is 1. The third-order valence-electron chi connectivity index (χ3n) is 6.27. The van der Waals surface area contributed by atoms with Crippen LogP contribution in [0.2, 0.25) is 0 Å². The van der Waals surface area contributed by atoms with E-state index in [0.29, 0.717) is 24.7 Å². The Morgan fingerprint density at radius 3 is 2.62 bits per heavy atom. The van der Waals surface area contributed by atoms with E-state index in [0.717, 1.165) is 34.5 Å². The van der Waals surface area contributed by atoms with Gasteiger partial charge in [0.1, 0.15) is 11.6 Å². The van der Waals surface area contributed by atoms with Crippen molar-refractivity contribution in [2.75, 3.05) is 18.9 Å². The van der Waals surface area contributed by atoms with Gasteiger partial charge >= 0.3 is 0 Å². The monoisotopic (exact) mass is 474 g/mol. The lowest BCUT2D eigenvalue weighted by molar-refractivity contribution is -0.130. The van der Waals surface area contributed by atoms with Gasteiger partial charge < -0.3 is 14.6 Å². The first-order valence-corrected chi connectivity index (χ1v) is 12.7. The first-order valence-electron chi connectivity index (χ1n) is 11.6. The fourth-order valence-electron chi connectivity index (χ4n) is 4.69. The number of carbonyl (C=O) groups excluding carboxylic acids is 1. The second-order valence-electron chi connectivity index (χ2n) is 8.42. The predicted molar refractivity (Wildman–Crippen MR) is 136 cm³/mol. The molecule has 1 aliphatic rings. The van der Waals surface area contributed by atoms with Crippen LogP contribution in [0.25, 0.3) is 10.9 Å². The van der Waals surface area contributed by atoms with Crippen LogP contribution in [0.5, 0.6) is 5.75 Å². The number of hydrogen-bond donors (Lipinski definition) is 1. The molecule has 0 saturated heterocycles. The largest absolute Gasteiger partial charge is 0.494 e. The van der Waals surface area contributed by atoms with Gasteiger partial charge in [-0.15, -0.1) is 11.8 Å². The number of aromatic amines is 1. The molecule has 2 heterocycles. The minimum atomic E-state index is -0.245. The number of nitrogens with one attached hydrogen (secondary N) is 1. The van der Waals surface area contributed by atoms with Crippen molar-refractivity contribution in [2.45, 2.75) is 25.1 Å². The van der Waals surface area contributed by atoms with E-state index in [2.05, 4.69) is 35.3 Å². The highest BCUT2D eigenvalue weighted by molar-refractivity contribution is 7.99. The van der Waals surface area contributed by atoms with Crippen molar-refractivity contribution in [3.05, 3.63) is 101 Å². The van der Waals surface area contributed by atoms with Crippen LogP contribution in [0, 0.1) is 5.82 Å². The lowest BCUT2D eigenvalue weighted by Crippen LogP contribution is -2.41. The van der Waals surface area contributed by atoms with Crippen LogP contribution in [0.15, 0.2) is 72.8 Å². The quantitative estimate of drug-likeness (QED) is 0.351. The zero-order chi connectivity index (χ0) is 23.5. The first kappa shape index (κ1) is 22.5. The number of H-pyrrole nitrogens is 1. The number of ether oxygens (including phenoxy) is 1. The van der Waals surface area contributed by atoms with Crippen LogP contribution in [0.1, 0.15) is 35.3 Å². The Morgan fingerprint density at radius 1 is 1.09 bits per heavy atom. The summed E-state index contributed by atoms with van der Waals surface area (Å²) in [6.45, 7) is 3.25. The molecule has 4 aromatic rings. The molecule has 0 radical (unpaired) electrons. The van der Waals surface area contributed by atoms with Gasteiger partial charge in [-0.25, -0.2) is 4.39 Å². The highest BCUT2D eigenvalue weighted by Gasteiger charge is 2.34. The van der Waals surface area contributed by atoms with Gasteiger partial charge in [-0.2, -0.15) is 0 Å². The van der Waals surface area contributed by atoms with Crippen LogP contribution in [-0.4, -0.2) is 34.7 Å². The number of benzene rings is 3. The molecule has 1 atom stereocenters. The highest BCUT2D eigenvalue weighted by atomic mass is 32.2. The van der Waals surface area contributed by atoms with Crippen molar-refractivity contribution in [2.24, 2.45) is 0 Å². The maximum absolute atomic E-state index is 13.4. The van der Waals surface area contributed by atoms with Crippen LogP contribution in [0.4, 0.5) is 4.39 Å². The second kappa shape index (κ2) is 9.94. The molecule has 0 fully saturated rings. The molecule has 1 aromatic heterocycles. The Balaban J connectivity index is 1.41. The predicted octanol–water partition coefficient (Wildman–Crippen LogP) is 6.11. The SMILES string of the molecule is CCOc1ccc([C@@H]2c3[nH]c4ccccc4c3CCN2C(=O)CSCc2ccc(F)cc2)cc1. The molecule has 1 amide bonds. The lowest BCUT2D eigenvalue weighted by Gasteiger charge is -2.36. The minimum absolute atomic E-state index is 0.107. The van der Waals surface area contributed by atoms with Gasteiger partial charge in [0.25, 0.3) is 0 Å². The summed E-state index contributed by atoms with van der Waals surface area (Å²) in [5.74, 6) is 1.73. The van der Waals surface area contributed by atoms with E-state index < -0.39 is 0 Å². The van der Waals surface area contributed by atoms with Crippen molar-refractivity contribution in [1.82, 2.24) is 9.88 Å². The van der Waals surface area contributed by atoms with E-state index in [9.17, 15) is 9.18 Å². The molecule has 1 aliphatic heterocycles. The summed E-state index contributed by atoms with van der Waals surface area (Å²) >= 11 is 1.56. The Morgan fingerprint density at radius 2 is 1.85 bits per heavy atom. The summed E-state index contributed by atoms with van der Waals surface area (Å²) < 4.78 is 18.8. The molecule has 1 N–H and O–H groups in total. The number of rotatable bonds is 7. The summed E-state index contributed by atoms with van der Waals surface area (Å²) in [6.07, 6.45) is 0.821. The Hall–Kier alpha value is -3.25. The zero-order valence-electron chi connectivity index (χ0n) is 19.1. The summed E-state index contributed by atoms with van der Waals surface area (Å²) in [4.78, 5) is 19.0. The number of amides is 1. The molecule has 174 valence electrons. The average Bonchev–Trinajstić information content (AvgIpc) is 3.24. The first-order chi connectivity index (χ1) is 16.6. The average molecular weight is 475 g/mol. The van der Waals surface area contributed by atoms with E-state index in [-0.39, 0.29) is 17.8 Å². The van der Waals surface area contributed by atoms with Gasteiger partial charge in [-0.1, -0.05) is 42.5 Å². The van der Waals surface area contributed by atoms with E-state index in [1.807, 2.05) is 30.0 Å². The lowest BCUT2D eigenvalue weighted by atomic mass is 9.92. The van der Waals surface area contributed by atoms with Crippen molar-refractivity contribution in [3.8, 4) is 5.75 Å². The number of para-hydroxylation sites is 1. The van der Waals surface area contributed by atoms with Crippen LogP contribution in [-0.2, 0) is 17.0 Å². The number of hydrogen-bond acceptors (Lipinski definition) is 3. The van der Waals surface area contributed by atoms with Gasteiger partial charge in [-0.05, 0) is 60.4 Å². The van der Waals surface area contributed by atoms with Crippen molar-refractivity contribution < 1.29 is 13.9 Å². The van der Waals surface area contributed by atoms with Gasteiger partial charge in [0, 0.05) is 28.9 Å². The second-order valence-corrected chi connectivity index (χ2v) is 9.41. The van der Waals surface area contributed by atoms with Crippen LogP contribution < -0.4 is 4.74 Å².